The van der Waals surface area contributed by atoms with E-state index in [1.807, 2.05) is 4.57 Å². The van der Waals surface area contributed by atoms with Gasteiger partial charge in [0, 0.05) is 11.3 Å². The van der Waals surface area contributed by atoms with Crippen LogP contribution in [0, 0.1) is 11.8 Å². The summed E-state index contributed by atoms with van der Waals surface area (Å²) in [7, 11) is 0. The van der Waals surface area contributed by atoms with E-state index in [1.165, 1.54) is 4.57 Å². The van der Waals surface area contributed by atoms with Crippen LogP contribution in [0.1, 0.15) is 61.8 Å². The van der Waals surface area contributed by atoms with E-state index in [4.69, 9.17) is 55.9 Å². The molecule has 0 saturated heterocycles. The predicted molar refractivity (Wildman–Crippen MR) is 141 cm³/mol. The molecule has 4 heterocycles. The standard InChI is InChI=1S/C26H22Cl4N2O5/c1-10(2)25(34)36-18-8-13-17-9-15(28)23(30)32(17)24(33)19(13)21(37-26(35)11(3)4)20(18)16-6-5-12-7-14(27)22(29)31(12)16/h7-11,16H,5-6H2,1-4H3/t16-/m0/s1. The third kappa shape index (κ3) is 4.07. The summed E-state index contributed by atoms with van der Waals surface area (Å²) in [4.78, 5) is 39.4. The molecule has 5 rings (SSSR count). The molecule has 0 spiro atoms. The molecule has 0 N–H and O–H groups in total. The number of esters is 2. The Morgan fingerprint density at radius 3 is 2.19 bits per heavy atom. The number of ether oxygens (including phenoxy) is 2. The minimum atomic E-state index is -0.556. The number of nitrogens with zero attached hydrogens (tertiary/aromatic N) is 2. The molecule has 0 radical (unpaired) electrons. The minimum Gasteiger partial charge on any atom is -0.426 e. The Morgan fingerprint density at radius 1 is 0.919 bits per heavy atom. The Hall–Kier alpha value is -2.45. The van der Waals surface area contributed by atoms with E-state index in [-0.39, 0.29) is 27.2 Å². The van der Waals surface area contributed by atoms with Gasteiger partial charge in [-0.25, -0.2) is 0 Å². The van der Waals surface area contributed by atoms with E-state index < -0.39 is 35.7 Å². The maximum atomic E-state index is 13.7. The number of carbonyl (C=O) groups is 3. The third-order valence-corrected chi connectivity index (χ3v) is 8.09. The predicted octanol–water partition coefficient (Wildman–Crippen LogP) is 7.23. The highest BCUT2D eigenvalue weighted by molar-refractivity contribution is 6.43. The van der Waals surface area contributed by atoms with Gasteiger partial charge in [0.25, 0.3) is 5.91 Å². The summed E-state index contributed by atoms with van der Waals surface area (Å²) in [5.74, 6) is -2.35. The van der Waals surface area contributed by atoms with Crippen molar-refractivity contribution in [3.05, 3.63) is 55.4 Å². The highest BCUT2D eigenvalue weighted by Crippen LogP contribution is 2.53. The van der Waals surface area contributed by atoms with E-state index in [1.54, 1.807) is 45.9 Å². The molecule has 194 valence electrons. The van der Waals surface area contributed by atoms with E-state index >= 15 is 0 Å². The van der Waals surface area contributed by atoms with Gasteiger partial charge in [-0.15, -0.1) is 0 Å². The summed E-state index contributed by atoms with van der Waals surface area (Å²) < 4.78 is 14.9. The van der Waals surface area contributed by atoms with Gasteiger partial charge in [0.2, 0.25) is 0 Å². The number of aryl methyl sites for hydroxylation is 1. The number of rotatable bonds is 5. The lowest BCUT2D eigenvalue weighted by Crippen LogP contribution is -2.22. The normalized spacial score (nSPS) is 15.8. The first-order valence-electron chi connectivity index (χ1n) is 11.7. The molecule has 2 aliphatic heterocycles. The number of benzene rings is 1. The molecule has 1 aromatic carbocycles. The molecule has 0 aliphatic carbocycles. The second-order valence-electron chi connectivity index (χ2n) is 9.70. The number of halogens is 4. The zero-order valence-corrected chi connectivity index (χ0v) is 23.3. The van der Waals surface area contributed by atoms with Gasteiger partial charge in [0.1, 0.15) is 16.1 Å². The summed E-state index contributed by atoms with van der Waals surface area (Å²) in [6.45, 7) is 6.78. The van der Waals surface area contributed by atoms with Crippen LogP contribution in [0.3, 0.4) is 0 Å². The largest absolute Gasteiger partial charge is 0.426 e. The molecule has 3 aromatic rings. The number of hydrogen-bond donors (Lipinski definition) is 0. The molecular formula is C26H22Cl4N2O5. The average Bonchev–Trinajstić information content (AvgIpc) is 3.52. The Labute approximate surface area is 233 Å². The zero-order valence-electron chi connectivity index (χ0n) is 20.3. The Bertz CT molecular complexity index is 1500. The molecule has 0 saturated carbocycles. The van der Waals surface area contributed by atoms with Crippen molar-refractivity contribution in [3.8, 4) is 22.8 Å². The van der Waals surface area contributed by atoms with Crippen molar-refractivity contribution in [1.82, 2.24) is 9.13 Å². The lowest BCUT2D eigenvalue weighted by Gasteiger charge is -2.24. The first-order chi connectivity index (χ1) is 17.4. The summed E-state index contributed by atoms with van der Waals surface area (Å²) in [5, 5.41) is 0.895. The number of aromatic nitrogens is 2. The molecule has 11 heteroatoms. The van der Waals surface area contributed by atoms with Crippen LogP contribution < -0.4 is 9.47 Å². The van der Waals surface area contributed by atoms with Crippen LogP contribution in [0.15, 0.2) is 18.2 Å². The summed E-state index contributed by atoms with van der Waals surface area (Å²) >= 11 is 25.5. The minimum absolute atomic E-state index is 0.00221. The number of carbonyl (C=O) groups excluding carboxylic acids is 3. The lowest BCUT2D eigenvalue weighted by molar-refractivity contribution is -0.138. The highest BCUT2D eigenvalue weighted by Gasteiger charge is 2.41. The van der Waals surface area contributed by atoms with E-state index in [2.05, 4.69) is 0 Å². The molecule has 0 fully saturated rings. The first kappa shape index (κ1) is 26.2. The fourth-order valence-corrected chi connectivity index (χ4v) is 5.62. The molecule has 1 atom stereocenters. The second kappa shape index (κ2) is 9.38. The zero-order chi connectivity index (χ0) is 26.9. The van der Waals surface area contributed by atoms with E-state index in [9.17, 15) is 14.4 Å². The van der Waals surface area contributed by atoms with Crippen LogP contribution in [-0.4, -0.2) is 27.0 Å². The smallest absolute Gasteiger partial charge is 0.313 e. The average molecular weight is 584 g/mol. The van der Waals surface area contributed by atoms with Crippen molar-refractivity contribution in [2.75, 3.05) is 0 Å². The van der Waals surface area contributed by atoms with Gasteiger partial charge in [0.15, 0.2) is 5.75 Å². The summed E-state index contributed by atoms with van der Waals surface area (Å²) in [6.07, 6.45) is 1.18. The highest BCUT2D eigenvalue weighted by atomic mass is 35.5. The first-order valence-corrected chi connectivity index (χ1v) is 13.2. The van der Waals surface area contributed by atoms with Gasteiger partial charge < -0.3 is 14.0 Å². The molecular weight excluding hydrogens is 562 g/mol. The fraction of sp³-hybridized carbons (Fsp3) is 0.346. The lowest BCUT2D eigenvalue weighted by atomic mass is 9.94. The maximum Gasteiger partial charge on any atom is 0.313 e. The van der Waals surface area contributed by atoms with Gasteiger partial charge in [0.05, 0.1) is 44.7 Å². The second-order valence-corrected chi connectivity index (χ2v) is 11.2. The fourth-order valence-electron chi connectivity index (χ4n) is 4.71. The van der Waals surface area contributed by atoms with Gasteiger partial charge >= 0.3 is 11.9 Å². The summed E-state index contributed by atoms with van der Waals surface area (Å²) in [5.41, 5.74) is 2.14. The van der Waals surface area contributed by atoms with Gasteiger partial charge in [-0.05, 0) is 31.0 Å². The van der Waals surface area contributed by atoms with E-state index in [0.29, 0.717) is 39.8 Å². The molecule has 2 aliphatic rings. The van der Waals surface area contributed by atoms with Crippen molar-refractivity contribution in [2.45, 2.75) is 46.6 Å². The van der Waals surface area contributed by atoms with Crippen molar-refractivity contribution in [2.24, 2.45) is 11.8 Å². The number of fused-ring (bicyclic) bond motifs is 4. The SMILES string of the molecule is CC(C)C(=O)Oc1cc2c(c(OC(=O)C(C)C)c1[C@@H]1CCc3cc(Cl)c(Cl)n31)C(=O)n1c-2cc(Cl)c1Cl. The topological polar surface area (TPSA) is 79.5 Å². The molecule has 0 bridgehead atoms. The van der Waals surface area contributed by atoms with Gasteiger partial charge in [-0.1, -0.05) is 74.1 Å². The van der Waals surface area contributed by atoms with Crippen LogP contribution in [0.5, 0.6) is 11.5 Å². The van der Waals surface area contributed by atoms with Gasteiger partial charge in [-0.3, -0.25) is 19.0 Å². The molecule has 0 amide bonds. The van der Waals surface area contributed by atoms with Crippen LogP contribution >= 0.6 is 46.4 Å². The van der Waals surface area contributed by atoms with Crippen molar-refractivity contribution in [3.63, 3.8) is 0 Å². The summed E-state index contributed by atoms with van der Waals surface area (Å²) in [6, 6.07) is 4.40. The quantitative estimate of drug-likeness (QED) is 0.183. The van der Waals surface area contributed by atoms with Crippen molar-refractivity contribution >= 4 is 64.2 Å². The Kier molecular flexibility index (Phi) is 6.64. The van der Waals surface area contributed by atoms with Crippen LogP contribution in [0.2, 0.25) is 20.4 Å². The van der Waals surface area contributed by atoms with Crippen LogP contribution in [0.4, 0.5) is 0 Å². The van der Waals surface area contributed by atoms with Crippen molar-refractivity contribution < 1.29 is 23.9 Å². The van der Waals surface area contributed by atoms with Crippen molar-refractivity contribution in [1.29, 1.82) is 0 Å². The monoisotopic (exact) mass is 582 g/mol. The van der Waals surface area contributed by atoms with Crippen LogP contribution in [0.25, 0.3) is 11.3 Å². The molecule has 7 nitrogen and oxygen atoms in total. The molecule has 2 aromatic heterocycles. The van der Waals surface area contributed by atoms with Gasteiger partial charge in [-0.2, -0.15) is 0 Å². The van der Waals surface area contributed by atoms with Crippen LogP contribution in [-0.2, 0) is 16.0 Å². The van der Waals surface area contributed by atoms with E-state index in [0.717, 1.165) is 5.69 Å². The Balaban J connectivity index is 1.83. The maximum absolute atomic E-state index is 13.7. The number of hydrogen-bond acceptors (Lipinski definition) is 5. The Morgan fingerprint density at radius 2 is 1.54 bits per heavy atom. The third-order valence-electron chi connectivity index (χ3n) is 6.56. The molecule has 0 unspecified atom stereocenters. The molecule has 37 heavy (non-hydrogen) atoms.